The third-order valence-corrected chi connectivity index (χ3v) is 5.21. The van der Waals surface area contributed by atoms with Gasteiger partial charge < -0.3 is 0 Å². The van der Waals surface area contributed by atoms with Crippen molar-refractivity contribution in [3.63, 3.8) is 0 Å². The first kappa shape index (κ1) is 12.0. The summed E-state index contributed by atoms with van der Waals surface area (Å²) in [5.74, 6) is 0. The molecule has 97 valence electrons. The van der Waals surface area contributed by atoms with Crippen molar-refractivity contribution in [2.45, 2.75) is 18.3 Å². The molecule has 1 fully saturated rings. The maximum absolute atomic E-state index is 11.9. The topological polar surface area (TPSA) is 51.5 Å². The summed E-state index contributed by atoms with van der Waals surface area (Å²) in [5, 5.41) is 4.39. The van der Waals surface area contributed by atoms with Crippen molar-refractivity contribution in [3.05, 3.63) is 29.8 Å². The Kier molecular flexibility index (Phi) is 2.64. The molecule has 4 nitrogen and oxygen atoms in total. The zero-order valence-corrected chi connectivity index (χ0v) is 11.3. The van der Waals surface area contributed by atoms with Crippen LogP contribution in [0.3, 0.4) is 0 Å². The SMILES string of the molecule is CS(=O)(=O)N1CC2(CC[N]CC2)c2ccccc21. The molecule has 0 aliphatic carbocycles. The van der Waals surface area contributed by atoms with E-state index in [0.717, 1.165) is 31.6 Å². The normalized spacial score (nSPS) is 22.2. The fraction of sp³-hybridized carbons (Fsp3) is 0.538. The molecule has 1 spiro atoms. The van der Waals surface area contributed by atoms with Gasteiger partial charge in [-0.1, -0.05) is 18.2 Å². The fourth-order valence-corrected chi connectivity index (χ4v) is 4.13. The molecule has 2 heterocycles. The number of para-hydroxylation sites is 1. The number of anilines is 1. The quantitative estimate of drug-likeness (QED) is 0.763. The highest BCUT2D eigenvalue weighted by Crippen LogP contribution is 2.46. The molecular weight excluding hydrogens is 248 g/mol. The van der Waals surface area contributed by atoms with E-state index in [2.05, 4.69) is 11.4 Å². The lowest BCUT2D eigenvalue weighted by atomic mass is 9.75. The van der Waals surface area contributed by atoms with E-state index in [1.165, 1.54) is 11.8 Å². The Morgan fingerprint density at radius 3 is 2.56 bits per heavy atom. The first-order chi connectivity index (χ1) is 8.53. The second kappa shape index (κ2) is 3.96. The van der Waals surface area contributed by atoms with Gasteiger partial charge in [-0.05, 0) is 24.5 Å². The van der Waals surface area contributed by atoms with Crippen molar-refractivity contribution in [1.29, 1.82) is 0 Å². The van der Waals surface area contributed by atoms with E-state index in [4.69, 9.17) is 0 Å². The molecule has 0 N–H and O–H groups in total. The molecule has 0 bridgehead atoms. The smallest absolute Gasteiger partial charge is 0.232 e. The Balaban J connectivity index is 2.12. The number of hydrogen-bond acceptors (Lipinski definition) is 2. The van der Waals surface area contributed by atoms with E-state index in [1.807, 2.05) is 18.2 Å². The monoisotopic (exact) mass is 265 g/mol. The van der Waals surface area contributed by atoms with Crippen molar-refractivity contribution in [2.75, 3.05) is 30.2 Å². The molecule has 1 radical (unpaired) electrons. The highest BCUT2D eigenvalue weighted by Gasteiger charge is 2.45. The number of rotatable bonds is 1. The number of fused-ring (bicyclic) bond motifs is 2. The van der Waals surface area contributed by atoms with Crippen LogP contribution in [0.2, 0.25) is 0 Å². The predicted molar refractivity (Wildman–Crippen MR) is 71.4 cm³/mol. The summed E-state index contributed by atoms with van der Waals surface area (Å²) in [5.41, 5.74) is 2.04. The second-order valence-corrected chi connectivity index (χ2v) is 7.14. The van der Waals surface area contributed by atoms with Crippen molar-refractivity contribution in [3.8, 4) is 0 Å². The highest BCUT2D eigenvalue weighted by molar-refractivity contribution is 7.92. The van der Waals surface area contributed by atoms with Gasteiger partial charge in [-0.15, -0.1) is 0 Å². The van der Waals surface area contributed by atoms with Crippen LogP contribution in [-0.2, 0) is 15.4 Å². The fourth-order valence-electron chi connectivity index (χ4n) is 3.13. The average Bonchev–Trinajstić information content (AvgIpc) is 2.66. The molecule has 0 unspecified atom stereocenters. The van der Waals surface area contributed by atoms with Gasteiger partial charge in [0.15, 0.2) is 0 Å². The summed E-state index contributed by atoms with van der Waals surface area (Å²) in [6.07, 6.45) is 3.20. The first-order valence-electron chi connectivity index (χ1n) is 6.23. The lowest BCUT2D eigenvalue weighted by molar-refractivity contribution is 0.326. The van der Waals surface area contributed by atoms with E-state index in [0.29, 0.717) is 6.54 Å². The number of sulfonamides is 1. The average molecular weight is 265 g/mol. The number of hydrogen-bond donors (Lipinski definition) is 0. The van der Waals surface area contributed by atoms with Gasteiger partial charge in [0.25, 0.3) is 0 Å². The van der Waals surface area contributed by atoms with Crippen LogP contribution in [0.5, 0.6) is 0 Å². The summed E-state index contributed by atoms with van der Waals surface area (Å²) >= 11 is 0. The second-order valence-electron chi connectivity index (χ2n) is 5.24. The summed E-state index contributed by atoms with van der Waals surface area (Å²) in [6, 6.07) is 7.89. The van der Waals surface area contributed by atoms with Crippen LogP contribution in [0.25, 0.3) is 0 Å². The maximum atomic E-state index is 11.9. The van der Waals surface area contributed by atoms with E-state index in [9.17, 15) is 8.42 Å². The van der Waals surface area contributed by atoms with Gasteiger partial charge in [-0.3, -0.25) is 4.31 Å². The maximum Gasteiger partial charge on any atom is 0.232 e. The molecule has 1 aromatic carbocycles. The van der Waals surface area contributed by atoms with E-state index in [-0.39, 0.29) is 5.41 Å². The summed E-state index contributed by atoms with van der Waals surface area (Å²) in [7, 11) is -3.19. The van der Waals surface area contributed by atoms with Crippen LogP contribution < -0.4 is 9.62 Å². The van der Waals surface area contributed by atoms with Crippen LogP contribution in [0.15, 0.2) is 24.3 Å². The molecule has 1 saturated heterocycles. The first-order valence-corrected chi connectivity index (χ1v) is 8.08. The van der Waals surface area contributed by atoms with Crippen molar-refractivity contribution in [1.82, 2.24) is 5.32 Å². The molecule has 0 amide bonds. The minimum absolute atomic E-state index is 0.0125. The Morgan fingerprint density at radius 1 is 1.22 bits per heavy atom. The molecule has 18 heavy (non-hydrogen) atoms. The summed E-state index contributed by atoms with van der Waals surface area (Å²) in [6.45, 7) is 2.26. The number of benzene rings is 1. The highest BCUT2D eigenvalue weighted by atomic mass is 32.2. The van der Waals surface area contributed by atoms with Gasteiger partial charge in [0.1, 0.15) is 0 Å². The Bertz CT molecular complexity index is 562. The number of piperidine rings is 1. The largest absolute Gasteiger partial charge is 0.269 e. The zero-order chi connectivity index (χ0) is 12.8. The summed E-state index contributed by atoms with van der Waals surface area (Å²) in [4.78, 5) is 0. The van der Waals surface area contributed by atoms with Gasteiger partial charge in [0, 0.05) is 25.0 Å². The molecule has 1 aromatic rings. The van der Waals surface area contributed by atoms with Gasteiger partial charge in [-0.25, -0.2) is 13.7 Å². The predicted octanol–water partition coefficient (Wildman–Crippen LogP) is 1.10. The van der Waals surface area contributed by atoms with E-state index < -0.39 is 10.0 Å². The molecule has 5 heteroatoms. The molecule has 2 aliphatic heterocycles. The van der Waals surface area contributed by atoms with Gasteiger partial charge >= 0.3 is 0 Å². The van der Waals surface area contributed by atoms with Crippen LogP contribution in [0.4, 0.5) is 5.69 Å². The van der Waals surface area contributed by atoms with E-state index >= 15 is 0 Å². The van der Waals surface area contributed by atoms with Crippen LogP contribution in [0, 0.1) is 0 Å². The molecule has 2 aliphatic rings. The van der Waals surface area contributed by atoms with E-state index in [1.54, 1.807) is 4.31 Å². The van der Waals surface area contributed by atoms with Gasteiger partial charge in [0.2, 0.25) is 10.0 Å². The minimum Gasteiger partial charge on any atom is -0.269 e. The Hall–Kier alpha value is -1.07. The van der Waals surface area contributed by atoms with Gasteiger partial charge in [0.05, 0.1) is 11.9 Å². The molecule has 0 aromatic heterocycles. The molecule has 3 rings (SSSR count). The molecule has 0 saturated carbocycles. The molecule has 0 atom stereocenters. The van der Waals surface area contributed by atoms with Crippen molar-refractivity contribution >= 4 is 15.7 Å². The Morgan fingerprint density at radius 2 is 1.89 bits per heavy atom. The third kappa shape index (κ3) is 1.73. The van der Waals surface area contributed by atoms with Crippen molar-refractivity contribution in [2.24, 2.45) is 0 Å². The van der Waals surface area contributed by atoms with Crippen molar-refractivity contribution < 1.29 is 8.42 Å². The molecular formula is C13H17N2O2S. The third-order valence-electron chi connectivity index (χ3n) is 4.09. The van der Waals surface area contributed by atoms with Crippen LogP contribution >= 0.6 is 0 Å². The van der Waals surface area contributed by atoms with Crippen LogP contribution in [0.1, 0.15) is 18.4 Å². The zero-order valence-electron chi connectivity index (χ0n) is 10.5. The lowest BCUT2D eigenvalue weighted by Gasteiger charge is -2.33. The Labute approximate surface area is 108 Å². The summed E-state index contributed by atoms with van der Waals surface area (Å²) < 4.78 is 25.4. The van der Waals surface area contributed by atoms with Gasteiger partial charge in [-0.2, -0.15) is 0 Å². The lowest BCUT2D eigenvalue weighted by Crippen LogP contribution is -2.42. The number of nitrogens with zero attached hydrogens (tertiary/aromatic N) is 2. The minimum atomic E-state index is -3.19. The standard InChI is InChI=1S/C13H17N2O2S/c1-18(16,17)15-10-13(6-8-14-9-7-13)11-4-2-3-5-12(11)15/h2-5H,6-10H2,1H3. The van der Waals surface area contributed by atoms with Crippen LogP contribution in [-0.4, -0.2) is 34.3 Å².